The monoisotopic (exact) mass is 354 g/mol. The van der Waals surface area contributed by atoms with E-state index in [-0.39, 0.29) is 5.56 Å². The van der Waals surface area contributed by atoms with E-state index in [0.717, 1.165) is 12.7 Å². The summed E-state index contributed by atoms with van der Waals surface area (Å²) in [7, 11) is 1.12. The van der Waals surface area contributed by atoms with Crippen LogP contribution in [0.15, 0.2) is 53.1 Å². The predicted molar refractivity (Wildman–Crippen MR) is 90.3 cm³/mol. The highest BCUT2D eigenvalue weighted by Crippen LogP contribution is 2.29. The molecule has 0 aliphatic carbocycles. The molecule has 8 heteroatoms. The summed E-state index contributed by atoms with van der Waals surface area (Å²) in [6.45, 7) is -0.610. The summed E-state index contributed by atoms with van der Waals surface area (Å²) in [6.07, 6.45) is -0.926. The quantitative estimate of drug-likeness (QED) is 0.717. The van der Waals surface area contributed by atoms with Crippen molar-refractivity contribution in [3.63, 3.8) is 0 Å². The molecular weight excluding hydrogens is 340 g/mol. The molecule has 0 spiro atoms. The highest BCUT2D eigenvalue weighted by molar-refractivity contribution is 6.00. The van der Waals surface area contributed by atoms with Crippen molar-refractivity contribution in [3.05, 3.63) is 54.1 Å². The SMILES string of the molecule is COC(=O)NC(=O)COC(=O)c1ccc2noc(-c3ccccc3)c2c1. The largest absolute Gasteiger partial charge is 0.453 e. The van der Waals surface area contributed by atoms with Crippen molar-refractivity contribution in [3.8, 4) is 11.3 Å². The molecule has 2 amide bonds. The Morgan fingerprint density at radius 1 is 1.12 bits per heavy atom. The van der Waals surface area contributed by atoms with Crippen molar-refractivity contribution in [2.45, 2.75) is 0 Å². The normalized spacial score (nSPS) is 10.3. The number of carbonyl (C=O) groups excluding carboxylic acids is 3. The molecule has 0 fully saturated rings. The van der Waals surface area contributed by atoms with Crippen molar-refractivity contribution >= 4 is 28.9 Å². The van der Waals surface area contributed by atoms with Crippen molar-refractivity contribution < 1.29 is 28.4 Å². The van der Waals surface area contributed by atoms with Crippen LogP contribution in [0.2, 0.25) is 0 Å². The summed E-state index contributed by atoms with van der Waals surface area (Å²) in [4.78, 5) is 34.5. The molecule has 1 heterocycles. The first-order valence-corrected chi connectivity index (χ1v) is 7.58. The second kappa shape index (κ2) is 7.47. The number of rotatable bonds is 4. The molecule has 0 bridgehead atoms. The minimum absolute atomic E-state index is 0.226. The lowest BCUT2D eigenvalue weighted by Gasteiger charge is -2.05. The first-order valence-electron chi connectivity index (χ1n) is 7.58. The summed E-state index contributed by atoms with van der Waals surface area (Å²) in [5.74, 6) is -0.980. The molecule has 26 heavy (non-hydrogen) atoms. The maximum Gasteiger partial charge on any atom is 0.413 e. The third kappa shape index (κ3) is 3.69. The number of benzene rings is 2. The first-order chi connectivity index (χ1) is 12.6. The number of aromatic nitrogens is 1. The molecule has 3 rings (SSSR count). The Hall–Kier alpha value is -3.68. The molecule has 132 valence electrons. The average Bonchev–Trinajstić information content (AvgIpc) is 3.09. The molecule has 0 radical (unpaired) electrons. The van der Waals surface area contributed by atoms with Gasteiger partial charge < -0.3 is 14.0 Å². The van der Waals surface area contributed by atoms with E-state index in [1.54, 1.807) is 12.1 Å². The van der Waals surface area contributed by atoms with Gasteiger partial charge in [0.15, 0.2) is 12.4 Å². The Morgan fingerprint density at radius 2 is 1.88 bits per heavy atom. The van der Waals surface area contributed by atoms with Gasteiger partial charge in [-0.3, -0.25) is 10.1 Å². The van der Waals surface area contributed by atoms with Crippen LogP contribution < -0.4 is 5.32 Å². The number of ether oxygens (including phenoxy) is 2. The van der Waals surface area contributed by atoms with Gasteiger partial charge in [-0.25, -0.2) is 9.59 Å². The number of hydrogen-bond acceptors (Lipinski definition) is 7. The van der Waals surface area contributed by atoms with Gasteiger partial charge in [-0.05, 0) is 18.2 Å². The second-order valence-corrected chi connectivity index (χ2v) is 5.23. The van der Waals surface area contributed by atoms with Crippen LogP contribution in [-0.4, -0.2) is 36.8 Å². The molecule has 1 aromatic heterocycles. The molecule has 0 saturated carbocycles. The summed E-state index contributed by atoms with van der Waals surface area (Å²) >= 11 is 0. The Labute approximate surface area is 147 Å². The van der Waals surface area contributed by atoms with E-state index in [1.807, 2.05) is 35.6 Å². The van der Waals surface area contributed by atoms with Crippen LogP contribution in [0.4, 0.5) is 4.79 Å². The van der Waals surface area contributed by atoms with Crippen LogP contribution >= 0.6 is 0 Å². The van der Waals surface area contributed by atoms with E-state index >= 15 is 0 Å². The van der Waals surface area contributed by atoms with Gasteiger partial charge in [-0.2, -0.15) is 0 Å². The number of imide groups is 1. The van der Waals surface area contributed by atoms with Crippen molar-refractivity contribution in [1.82, 2.24) is 10.5 Å². The maximum atomic E-state index is 12.1. The predicted octanol–water partition coefficient (Wildman–Crippen LogP) is 2.53. The lowest BCUT2D eigenvalue weighted by molar-refractivity contribution is -0.123. The van der Waals surface area contributed by atoms with Gasteiger partial charge in [-0.15, -0.1) is 0 Å². The molecule has 0 aliphatic rings. The van der Waals surface area contributed by atoms with Crippen molar-refractivity contribution in [1.29, 1.82) is 0 Å². The number of methoxy groups -OCH3 is 1. The standard InChI is InChI=1S/C18H14N2O6/c1-24-18(23)19-15(21)10-25-17(22)12-7-8-14-13(9-12)16(26-20-14)11-5-3-2-4-6-11/h2-9H,10H2,1H3,(H,19,21,23). The van der Waals surface area contributed by atoms with Crippen molar-refractivity contribution in [2.24, 2.45) is 0 Å². The zero-order valence-electron chi connectivity index (χ0n) is 13.7. The molecule has 8 nitrogen and oxygen atoms in total. The molecule has 0 aliphatic heterocycles. The van der Waals surface area contributed by atoms with Crippen LogP contribution in [0.1, 0.15) is 10.4 Å². The first kappa shape index (κ1) is 17.2. The minimum atomic E-state index is -0.926. The van der Waals surface area contributed by atoms with Crippen LogP contribution in [0.3, 0.4) is 0 Å². The Bertz CT molecular complexity index is 964. The highest BCUT2D eigenvalue weighted by Gasteiger charge is 2.16. The third-order valence-corrected chi connectivity index (χ3v) is 3.51. The van der Waals surface area contributed by atoms with E-state index in [9.17, 15) is 14.4 Å². The van der Waals surface area contributed by atoms with E-state index in [0.29, 0.717) is 16.7 Å². The number of nitrogens with zero attached hydrogens (tertiary/aromatic N) is 1. The van der Waals surface area contributed by atoms with Gasteiger partial charge in [0.05, 0.1) is 18.1 Å². The Morgan fingerprint density at radius 3 is 2.62 bits per heavy atom. The lowest BCUT2D eigenvalue weighted by atomic mass is 10.1. The number of nitrogens with one attached hydrogen (secondary N) is 1. The minimum Gasteiger partial charge on any atom is -0.453 e. The number of hydrogen-bond donors (Lipinski definition) is 1. The summed E-state index contributed by atoms with van der Waals surface area (Å²) in [5, 5.41) is 6.50. The third-order valence-electron chi connectivity index (χ3n) is 3.51. The van der Waals surface area contributed by atoms with Crippen LogP contribution in [0, 0.1) is 0 Å². The average molecular weight is 354 g/mol. The maximum absolute atomic E-state index is 12.1. The molecule has 0 unspecified atom stereocenters. The molecule has 0 atom stereocenters. The number of amides is 2. The zero-order valence-corrected chi connectivity index (χ0v) is 13.7. The van der Waals surface area contributed by atoms with Gasteiger partial charge in [0.2, 0.25) is 0 Å². The summed E-state index contributed by atoms with van der Waals surface area (Å²) < 4.78 is 14.5. The number of fused-ring (bicyclic) bond motifs is 1. The van der Waals surface area contributed by atoms with Crippen LogP contribution in [-0.2, 0) is 14.3 Å². The fraction of sp³-hybridized carbons (Fsp3) is 0.111. The Balaban J connectivity index is 1.77. The van der Waals surface area contributed by atoms with Crippen LogP contribution in [0.25, 0.3) is 22.2 Å². The topological polar surface area (TPSA) is 108 Å². The number of alkyl carbamates (subject to hydrolysis) is 1. The lowest BCUT2D eigenvalue weighted by Crippen LogP contribution is -2.33. The molecule has 0 saturated heterocycles. The summed E-state index contributed by atoms with van der Waals surface area (Å²) in [5.41, 5.74) is 1.63. The molecular formula is C18H14N2O6. The second-order valence-electron chi connectivity index (χ2n) is 5.23. The van der Waals surface area contributed by atoms with Gasteiger partial charge in [-0.1, -0.05) is 35.5 Å². The molecule has 2 aromatic carbocycles. The Kier molecular flexibility index (Phi) is 4.93. The summed E-state index contributed by atoms with van der Waals surface area (Å²) in [6, 6.07) is 14.0. The number of carbonyl (C=O) groups is 3. The number of esters is 1. The van der Waals surface area contributed by atoms with E-state index in [4.69, 9.17) is 9.26 Å². The molecule has 3 aromatic rings. The van der Waals surface area contributed by atoms with Crippen molar-refractivity contribution in [2.75, 3.05) is 13.7 Å². The fourth-order valence-electron chi connectivity index (χ4n) is 2.28. The van der Waals surface area contributed by atoms with E-state index in [1.165, 1.54) is 6.07 Å². The fourth-order valence-corrected chi connectivity index (χ4v) is 2.28. The van der Waals surface area contributed by atoms with E-state index in [2.05, 4.69) is 9.89 Å². The molecule has 1 N–H and O–H groups in total. The van der Waals surface area contributed by atoms with Gasteiger partial charge >= 0.3 is 12.1 Å². The van der Waals surface area contributed by atoms with Gasteiger partial charge in [0, 0.05) is 5.56 Å². The van der Waals surface area contributed by atoms with Crippen LogP contribution in [0.5, 0.6) is 0 Å². The highest BCUT2D eigenvalue weighted by atomic mass is 16.5. The van der Waals surface area contributed by atoms with Gasteiger partial charge in [0.25, 0.3) is 5.91 Å². The van der Waals surface area contributed by atoms with E-state index < -0.39 is 24.6 Å². The smallest absolute Gasteiger partial charge is 0.413 e. The van der Waals surface area contributed by atoms with Gasteiger partial charge in [0.1, 0.15) is 5.52 Å². The zero-order chi connectivity index (χ0) is 18.5.